The van der Waals surface area contributed by atoms with Gasteiger partial charge in [-0.3, -0.25) is 33.8 Å². The minimum absolute atomic E-state index is 0.0329. The number of carbonyl (C=O) groups excluding carboxylic acids is 6. The number of primary amides is 1. The predicted molar refractivity (Wildman–Crippen MR) is 330 cm³/mol. The number of nitrogens with one attached hydrogen (secondary N) is 10. The Kier molecular flexibility index (Phi) is 19.8. The molecule has 0 bridgehead atoms. The fourth-order valence-electron chi connectivity index (χ4n) is 10.7. The first kappa shape index (κ1) is 62.6. The molecule has 23 nitrogen and oxygen atoms in total. The third-order valence-electron chi connectivity index (χ3n) is 15.2. The molecule has 26 heteroatoms. The van der Waals surface area contributed by atoms with Gasteiger partial charge in [-0.25, -0.2) is 4.79 Å². The number of amides is 6. The van der Waals surface area contributed by atoms with Gasteiger partial charge in [-0.2, -0.15) is 13.2 Å². The van der Waals surface area contributed by atoms with Crippen LogP contribution >= 0.6 is 0 Å². The van der Waals surface area contributed by atoms with Crippen molar-refractivity contribution in [2.24, 2.45) is 27.9 Å². The van der Waals surface area contributed by atoms with Crippen molar-refractivity contribution in [2.75, 3.05) is 6.54 Å². The average Bonchev–Trinajstić information content (AvgIpc) is 2.39. The molecule has 0 aliphatic rings. The second-order valence-electron chi connectivity index (χ2n) is 21.4. The second-order valence-corrected chi connectivity index (χ2v) is 21.4. The molecule has 5 aromatic heterocycles. The number of aliphatic imine (C=N–C) groups is 1. The van der Waals surface area contributed by atoms with E-state index in [1.165, 1.54) is 0 Å². The zero-order valence-electron chi connectivity index (χ0n) is 47.8. The van der Waals surface area contributed by atoms with E-state index in [1.54, 1.807) is 31.0 Å². The van der Waals surface area contributed by atoms with Crippen LogP contribution in [-0.2, 0) is 65.7 Å². The number of hydrogen-bond donors (Lipinski definition) is 15. The third kappa shape index (κ3) is 15.8. The van der Waals surface area contributed by atoms with E-state index in [0.717, 1.165) is 65.6 Å². The lowest BCUT2D eigenvalue weighted by Gasteiger charge is -2.27. The van der Waals surface area contributed by atoms with Crippen LogP contribution in [0.5, 0.6) is 0 Å². The molecule has 0 unspecified atom stereocenters. The van der Waals surface area contributed by atoms with Gasteiger partial charge in [0.2, 0.25) is 35.4 Å². The number of benzene rings is 5. The normalized spacial score (nSPS) is 13.5. The number of aliphatic carboxylic acids is 1. The van der Waals surface area contributed by atoms with Crippen molar-refractivity contribution in [1.82, 2.24) is 51.5 Å². The lowest BCUT2D eigenvalue weighted by Crippen LogP contribution is -2.60. The number of para-hydroxylation sites is 5. The number of nitrogens with two attached hydrogens (primary N) is 4. The summed E-state index contributed by atoms with van der Waals surface area (Å²) in [5.74, 6) is -7.18. The van der Waals surface area contributed by atoms with Gasteiger partial charge < -0.3 is 79.5 Å². The van der Waals surface area contributed by atoms with E-state index in [0.29, 0.717) is 16.7 Å². The number of alkyl halides is 3. The number of aromatic nitrogens is 5. The standard InChI is InChI=1S/C61H65N15O6.C2HF3O2/c62-44(24-34-29-67-45-17-6-1-12-39(34)45)56(78)72-50(22-11-23-66-61(64)65)57(79)74-53(27-37-32-70-48-20-9-4-15-42(37)48)59(81)76-54(28-38-33-71-49-21-10-5-16-43(38)49)60(82)75-52(26-36-31-69-47-19-8-3-14-41(36)47)58(80)73-51(55(63)77)25-35-30-68-46-18-7-2-13-40(35)46;3-2(4,5)1(6)7/h1-10,12-21,29-33,44,50-54,67-71H,11,22-28,62H2,(H2,63,77)(H,72,78)(H,73,80)(H,74,79)(H,75,82)(H,76,81)(H4,64,65,66);(H,6,7)/t44-,50-,51-,52-,53-,54-;/m0./s1. The summed E-state index contributed by atoms with van der Waals surface area (Å²) in [6.07, 6.45) is 4.09. The predicted octanol–water partition coefficient (Wildman–Crippen LogP) is 4.53. The number of H-pyrrole nitrogens is 5. The maximum absolute atomic E-state index is 15.3. The molecule has 89 heavy (non-hydrogen) atoms. The van der Waals surface area contributed by atoms with Crippen LogP contribution in [0.15, 0.2) is 157 Å². The van der Waals surface area contributed by atoms with Crippen LogP contribution in [0, 0.1) is 0 Å². The molecule has 0 saturated heterocycles. The number of halogens is 3. The number of hydrogen-bond acceptors (Lipinski definition) is 9. The molecule has 5 heterocycles. The number of aromatic amines is 5. The van der Waals surface area contributed by atoms with Gasteiger partial charge in [-0.15, -0.1) is 0 Å². The summed E-state index contributed by atoms with van der Waals surface area (Å²) in [6.45, 7) is 0.139. The summed E-state index contributed by atoms with van der Waals surface area (Å²) in [5.41, 5.74) is 31.5. The number of guanidine groups is 1. The quantitative estimate of drug-likeness (QED) is 0.0214. The molecule has 6 amide bonds. The summed E-state index contributed by atoms with van der Waals surface area (Å²) < 4.78 is 31.7. The Balaban J connectivity index is 0.00000127. The maximum atomic E-state index is 15.3. The molecule has 0 radical (unpaired) electrons. The first-order valence-corrected chi connectivity index (χ1v) is 28.4. The van der Waals surface area contributed by atoms with E-state index >= 15 is 9.59 Å². The molecule has 10 aromatic rings. The Morgan fingerprint density at radius 3 is 1.00 bits per heavy atom. The molecule has 10 rings (SSSR count). The van der Waals surface area contributed by atoms with Crippen molar-refractivity contribution >= 4 is 102 Å². The number of carboxylic acids is 1. The van der Waals surface area contributed by atoms with Gasteiger partial charge in [0.05, 0.1) is 6.04 Å². The summed E-state index contributed by atoms with van der Waals surface area (Å²) in [4.78, 5) is 116. The highest BCUT2D eigenvalue weighted by molar-refractivity contribution is 5.99. The van der Waals surface area contributed by atoms with E-state index < -0.39 is 83.8 Å². The molecule has 19 N–H and O–H groups in total. The lowest BCUT2D eigenvalue weighted by molar-refractivity contribution is -0.192. The SMILES string of the molecule is NC(=O)[C@H](Cc1c[nH]c2ccccc12)NC(=O)[C@H](Cc1c[nH]c2ccccc12)NC(=O)[C@H](Cc1c[nH]c2ccccc12)NC(=O)[C@H](Cc1c[nH]c2ccccc12)NC(=O)[C@H](CCCN=C(N)N)NC(=O)[C@@H](N)Cc1c[nH]c2ccccc12.O=C(O)C(F)(F)F. The second kappa shape index (κ2) is 28.1. The number of fused-ring (bicyclic) bond motifs is 5. The van der Waals surface area contributed by atoms with E-state index in [1.807, 2.05) is 121 Å². The fourth-order valence-corrected chi connectivity index (χ4v) is 10.7. The van der Waals surface area contributed by atoms with Gasteiger partial charge in [0.25, 0.3) is 0 Å². The van der Waals surface area contributed by atoms with Crippen LogP contribution in [0.25, 0.3) is 54.5 Å². The van der Waals surface area contributed by atoms with Crippen molar-refractivity contribution in [3.05, 3.63) is 180 Å². The van der Waals surface area contributed by atoms with Gasteiger partial charge in [0.1, 0.15) is 30.2 Å². The first-order valence-electron chi connectivity index (χ1n) is 28.4. The first-order chi connectivity index (χ1) is 42.7. The summed E-state index contributed by atoms with van der Waals surface area (Å²) in [6, 6.07) is 30.2. The van der Waals surface area contributed by atoms with Crippen LogP contribution in [0.1, 0.15) is 40.7 Å². The Bertz CT molecular complexity index is 4220. The Labute approximate surface area is 505 Å². The molecule has 0 saturated carbocycles. The number of carboxylic acid groups (broad SMARTS) is 1. The van der Waals surface area contributed by atoms with Gasteiger partial charge in [0.15, 0.2) is 5.96 Å². The van der Waals surface area contributed by atoms with Crippen molar-refractivity contribution in [2.45, 2.75) is 87.4 Å². The maximum Gasteiger partial charge on any atom is 0.490 e. The van der Waals surface area contributed by atoms with Crippen LogP contribution < -0.4 is 49.5 Å². The lowest BCUT2D eigenvalue weighted by atomic mass is 9.99. The zero-order chi connectivity index (χ0) is 63.4. The summed E-state index contributed by atoms with van der Waals surface area (Å²) >= 11 is 0. The molecule has 0 aliphatic carbocycles. The monoisotopic (exact) mass is 1220 g/mol. The van der Waals surface area contributed by atoms with E-state index in [9.17, 15) is 32.3 Å². The van der Waals surface area contributed by atoms with Crippen molar-refractivity contribution in [1.29, 1.82) is 0 Å². The van der Waals surface area contributed by atoms with Gasteiger partial charge >= 0.3 is 12.1 Å². The topological polar surface area (TPSA) is 395 Å². The molecular weight excluding hydrogens is 1150 g/mol. The van der Waals surface area contributed by atoms with Crippen LogP contribution in [0.2, 0.25) is 0 Å². The molecule has 5 aromatic carbocycles. The van der Waals surface area contributed by atoms with E-state index in [-0.39, 0.29) is 57.5 Å². The minimum atomic E-state index is -5.08. The molecule has 0 fully saturated rings. The van der Waals surface area contributed by atoms with Crippen molar-refractivity contribution < 1.29 is 51.8 Å². The van der Waals surface area contributed by atoms with Gasteiger partial charge in [-0.05, 0) is 77.4 Å². The molecule has 0 spiro atoms. The highest BCUT2D eigenvalue weighted by atomic mass is 19.4. The molecule has 0 aliphatic heterocycles. The van der Waals surface area contributed by atoms with E-state index in [4.69, 9.17) is 32.8 Å². The van der Waals surface area contributed by atoms with Crippen molar-refractivity contribution in [3.63, 3.8) is 0 Å². The largest absolute Gasteiger partial charge is 0.490 e. The zero-order valence-corrected chi connectivity index (χ0v) is 47.8. The van der Waals surface area contributed by atoms with E-state index in [2.05, 4.69) is 56.5 Å². The van der Waals surface area contributed by atoms with Crippen molar-refractivity contribution in [3.8, 4) is 0 Å². The Hall–Kier alpha value is -10.9. The fraction of sp³-hybridized carbons (Fsp3) is 0.238. The van der Waals surface area contributed by atoms with Crippen LogP contribution in [-0.4, -0.2) is 126 Å². The molecule has 462 valence electrons. The number of carbonyl (C=O) groups is 7. The summed E-state index contributed by atoms with van der Waals surface area (Å²) in [7, 11) is 0. The van der Waals surface area contributed by atoms with Crippen LogP contribution in [0.4, 0.5) is 13.2 Å². The summed E-state index contributed by atoms with van der Waals surface area (Å²) in [5, 5.41) is 25.8. The Morgan fingerprint density at radius 2 is 0.697 bits per heavy atom. The van der Waals surface area contributed by atoms with Gasteiger partial charge in [0, 0.05) is 118 Å². The highest BCUT2D eigenvalue weighted by Crippen LogP contribution is 2.25. The third-order valence-corrected chi connectivity index (χ3v) is 15.2. The number of nitrogens with zero attached hydrogens (tertiary/aromatic N) is 1. The Morgan fingerprint density at radius 1 is 0.427 bits per heavy atom. The minimum Gasteiger partial charge on any atom is -0.475 e. The van der Waals surface area contributed by atoms with Crippen LogP contribution in [0.3, 0.4) is 0 Å². The smallest absolute Gasteiger partial charge is 0.475 e. The number of rotatable bonds is 25. The average molecular weight is 1220 g/mol. The molecular formula is C63H66F3N15O8. The van der Waals surface area contributed by atoms with Gasteiger partial charge in [-0.1, -0.05) is 91.0 Å². The highest BCUT2D eigenvalue weighted by Gasteiger charge is 2.38. The molecule has 6 atom stereocenters.